The first-order chi connectivity index (χ1) is 14.2. The van der Waals surface area contributed by atoms with E-state index in [1.165, 1.54) is 0 Å². The summed E-state index contributed by atoms with van der Waals surface area (Å²) >= 11 is 1.70. The van der Waals surface area contributed by atoms with Crippen molar-refractivity contribution in [2.75, 3.05) is 30.9 Å². The molecule has 2 aromatic rings. The Morgan fingerprint density at radius 1 is 0.867 bits per heavy atom. The zero-order valence-corrected chi connectivity index (χ0v) is 20.6. The number of para-hydroxylation sites is 2. The number of anilines is 1. The molecule has 2 aromatic carbocycles. The molecule has 0 aliphatic carbocycles. The molecule has 0 aromatic heterocycles. The van der Waals surface area contributed by atoms with Crippen molar-refractivity contribution >= 4 is 49.5 Å². The third-order valence-corrected chi connectivity index (χ3v) is 8.08. The number of benzene rings is 2. The topological polar surface area (TPSA) is 52.1 Å². The Labute approximate surface area is 192 Å². The lowest BCUT2D eigenvalue weighted by atomic mass is 10.3. The summed E-state index contributed by atoms with van der Waals surface area (Å²) in [6.07, 6.45) is 0.932. The second-order valence-corrected chi connectivity index (χ2v) is 9.99. The highest BCUT2D eigenvalue weighted by atomic mass is 35.5. The molecule has 0 spiro atoms. The summed E-state index contributed by atoms with van der Waals surface area (Å²) in [4.78, 5) is 4.78. The van der Waals surface area contributed by atoms with Gasteiger partial charge in [0.2, 0.25) is 0 Å². The predicted octanol–water partition coefficient (Wildman–Crippen LogP) is 6.38. The number of thioether (sulfide) groups is 1. The number of aliphatic imine (C=N–C) groups is 1. The Kier molecular flexibility index (Phi) is 13.7. The van der Waals surface area contributed by atoms with Gasteiger partial charge in [-0.2, -0.15) is 0 Å². The number of halogens is 1. The lowest BCUT2D eigenvalue weighted by Gasteiger charge is -2.28. The van der Waals surface area contributed by atoms with Crippen LogP contribution in [0.25, 0.3) is 0 Å². The Morgan fingerprint density at radius 3 is 1.93 bits per heavy atom. The lowest BCUT2D eigenvalue weighted by molar-refractivity contribution is 0.0712. The first-order valence-electron chi connectivity index (χ1n) is 10.2. The van der Waals surface area contributed by atoms with Crippen molar-refractivity contribution in [3.05, 3.63) is 60.7 Å². The van der Waals surface area contributed by atoms with Crippen LogP contribution >= 0.6 is 24.2 Å². The molecule has 166 valence electrons. The van der Waals surface area contributed by atoms with Gasteiger partial charge in [-0.15, -0.1) is 12.4 Å². The molecule has 2 rings (SSSR count). The molecule has 0 aliphatic heterocycles. The summed E-state index contributed by atoms with van der Waals surface area (Å²) in [6.45, 7) is 7.79. The van der Waals surface area contributed by atoms with Crippen LogP contribution in [0.4, 0.5) is 11.4 Å². The van der Waals surface area contributed by atoms with E-state index in [-0.39, 0.29) is 12.4 Å². The Morgan fingerprint density at radius 2 is 1.40 bits per heavy atom. The number of rotatable bonds is 12. The Balaban J connectivity index is 0.00000450. The van der Waals surface area contributed by atoms with Crippen molar-refractivity contribution in [3.8, 4) is 0 Å². The zero-order valence-electron chi connectivity index (χ0n) is 18.0. The molecule has 0 unspecified atom stereocenters. The van der Waals surface area contributed by atoms with Crippen LogP contribution < -0.4 is 5.32 Å². The third kappa shape index (κ3) is 9.64. The maximum atomic E-state index is 5.95. The largest absolute Gasteiger partial charge is 0.500 e. The smallest absolute Gasteiger partial charge is 0.374 e. The van der Waals surface area contributed by atoms with Crippen molar-refractivity contribution in [1.29, 1.82) is 0 Å². The molecule has 0 aliphatic rings. The minimum atomic E-state index is -2.59. The molecule has 0 atom stereocenters. The van der Waals surface area contributed by atoms with Gasteiger partial charge in [-0.1, -0.05) is 48.2 Å². The van der Waals surface area contributed by atoms with Gasteiger partial charge in [0.15, 0.2) is 5.17 Å². The summed E-state index contributed by atoms with van der Waals surface area (Å²) in [6, 6.07) is 20.9. The third-order valence-electron chi connectivity index (χ3n) is 3.97. The molecule has 0 heterocycles. The molecule has 30 heavy (non-hydrogen) atoms. The zero-order chi connectivity index (χ0) is 20.8. The molecule has 8 heteroatoms. The molecule has 0 radical (unpaired) electrons. The standard InChI is InChI=1S/C22H32N2O3SSi.ClH/c1-4-25-29(26-5-2,27-6-3)19-13-18-28-22(23-20-14-9-7-10-15-20)24-21-16-11-8-12-17-21;/h7-12,14-17H,4-6,13,18-19H2,1-3H3,(H,23,24);1H. The summed E-state index contributed by atoms with van der Waals surface area (Å²) in [5.74, 6) is 0.896. The van der Waals surface area contributed by atoms with Gasteiger partial charge in [-0.25, -0.2) is 4.99 Å². The van der Waals surface area contributed by atoms with Crippen molar-refractivity contribution in [1.82, 2.24) is 0 Å². The fourth-order valence-corrected chi connectivity index (χ4v) is 6.53. The van der Waals surface area contributed by atoms with Gasteiger partial charge in [0.25, 0.3) is 0 Å². The normalized spacial score (nSPS) is 11.8. The lowest BCUT2D eigenvalue weighted by Crippen LogP contribution is -2.46. The molecule has 1 N–H and O–H groups in total. The van der Waals surface area contributed by atoms with Crippen molar-refractivity contribution in [2.45, 2.75) is 33.2 Å². The molecule has 0 fully saturated rings. The average Bonchev–Trinajstić information content (AvgIpc) is 2.73. The van der Waals surface area contributed by atoms with Gasteiger partial charge in [-0.3, -0.25) is 0 Å². The predicted molar refractivity (Wildman–Crippen MR) is 133 cm³/mol. The van der Waals surface area contributed by atoms with Gasteiger partial charge in [0.1, 0.15) is 0 Å². The minimum Gasteiger partial charge on any atom is -0.374 e. The monoisotopic (exact) mass is 468 g/mol. The average molecular weight is 469 g/mol. The summed E-state index contributed by atoms with van der Waals surface area (Å²) < 4.78 is 17.8. The highest BCUT2D eigenvalue weighted by Gasteiger charge is 2.39. The molecule has 5 nitrogen and oxygen atoms in total. The second kappa shape index (κ2) is 15.4. The van der Waals surface area contributed by atoms with Gasteiger partial charge < -0.3 is 18.6 Å². The number of nitrogens with one attached hydrogen (secondary N) is 1. The summed E-state index contributed by atoms with van der Waals surface area (Å²) in [7, 11) is -2.59. The van der Waals surface area contributed by atoms with Crippen LogP contribution in [-0.4, -0.2) is 39.5 Å². The van der Waals surface area contributed by atoms with E-state index in [1.807, 2.05) is 81.4 Å². The van der Waals surface area contributed by atoms with Crippen LogP contribution in [0.5, 0.6) is 0 Å². The summed E-state index contributed by atoms with van der Waals surface area (Å²) in [5, 5.41) is 4.31. The maximum absolute atomic E-state index is 5.95. The second-order valence-electron chi connectivity index (χ2n) is 6.18. The first-order valence-corrected chi connectivity index (χ1v) is 13.1. The van der Waals surface area contributed by atoms with E-state index < -0.39 is 8.80 Å². The molecule has 0 amide bonds. The van der Waals surface area contributed by atoms with E-state index in [0.29, 0.717) is 19.8 Å². The molecule has 0 saturated heterocycles. The van der Waals surface area contributed by atoms with Crippen molar-refractivity contribution in [2.24, 2.45) is 4.99 Å². The molecular weight excluding hydrogens is 436 g/mol. The molecule has 0 saturated carbocycles. The van der Waals surface area contributed by atoms with E-state index in [9.17, 15) is 0 Å². The highest BCUT2D eigenvalue weighted by molar-refractivity contribution is 8.14. The van der Waals surface area contributed by atoms with Gasteiger partial charge in [0.05, 0.1) is 5.69 Å². The number of hydrogen-bond acceptors (Lipinski definition) is 5. The fourth-order valence-electron chi connectivity index (χ4n) is 2.82. The van der Waals surface area contributed by atoms with E-state index in [1.54, 1.807) is 11.8 Å². The van der Waals surface area contributed by atoms with Crippen molar-refractivity contribution < 1.29 is 13.3 Å². The van der Waals surface area contributed by atoms with Crippen LogP contribution in [0.3, 0.4) is 0 Å². The van der Waals surface area contributed by atoms with Gasteiger partial charge >= 0.3 is 8.80 Å². The van der Waals surface area contributed by atoms with Gasteiger partial charge in [0, 0.05) is 37.3 Å². The number of nitrogens with zero attached hydrogens (tertiary/aromatic N) is 1. The van der Waals surface area contributed by atoms with Crippen LogP contribution in [0.15, 0.2) is 65.7 Å². The Hall–Kier alpha value is -1.35. The van der Waals surface area contributed by atoms with Crippen LogP contribution in [-0.2, 0) is 13.3 Å². The molecule has 0 bridgehead atoms. The number of amidine groups is 1. The van der Waals surface area contributed by atoms with Crippen LogP contribution in [0.2, 0.25) is 6.04 Å². The van der Waals surface area contributed by atoms with Crippen molar-refractivity contribution in [3.63, 3.8) is 0 Å². The fraction of sp³-hybridized carbons (Fsp3) is 0.409. The van der Waals surface area contributed by atoms with Crippen LogP contribution in [0.1, 0.15) is 27.2 Å². The highest BCUT2D eigenvalue weighted by Crippen LogP contribution is 2.22. The van der Waals surface area contributed by atoms with E-state index >= 15 is 0 Å². The quantitative estimate of drug-likeness (QED) is 0.169. The maximum Gasteiger partial charge on any atom is 0.500 e. The SMILES string of the molecule is CCO[Si](CCCSC(=Nc1ccccc1)Nc1ccccc1)(OCC)OCC.Cl. The number of hydrogen-bond donors (Lipinski definition) is 1. The van der Waals surface area contributed by atoms with Gasteiger partial charge in [-0.05, 0) is 51.5 Å². The first kappa shape index (κ1) is 26.7. The summed E-state index contributed by atoms with van der Waals surface area (Å²) in [5.41, 5.74) is 1.96. The molecular formula is C22H33ClN2O3SSi. The Bertz CT molecular complexity index is 706. The van der Waals surface area contributed by atoms with E-state index in [0.717, 1.165) is 34.8 Å². The minimum absolute atomic E-state index is 0. The van der Waals surface area contributed by atoms with E-state index in [4.69, 9.17) is 18.3 Å². The van der Waals surface area contributed by atoms with E-state index in [2.05, 4.69) is 5.32 Å². The van der Waals surface area contributed by atoms with Crippen LogP contribution in [0, 0.1) is 0 Å².